The number of piperidine rings is 1. The maximum Gasteiger partial charge on any atom is 0.267 e. The van der Waals surface area contributed by atoms with Crippen molar-refractivity contribution in [2.45, 2.75) is 51.1 Å². The summed E-state index contributed by atoms with van der Waals surface area (Å²) in [6, 6.07) is 9.69. The Morgan fingerprint density at radius 2 is 1.88 bits per heavy atom. The molecule has 1 atom stereocenters. The van der Waals surface area contributed by atoms with Crippen LogP contribution < -0.4 is 5.56 Å². The van der Waals surface area contributed by atoms with Crippen LogP contribution in [0.15, 0.2) is 40.3 Å². The Kier molecular flexibility index (Phi) is 6.12. The first-order valence-electron chi connectivity index (χ1n) is 11.5. The van der Waals surface area contributed by atoms with Crippen molar-refractivity contribution in [2.75, 3.05) is 18.8 Å². The lowest BCUT2D eigenvalue weighted by molar-refractivity contribution is -0.129. The third kappa shape index (κ3) is 4.13. The Morgan fingerprint density at radius 3 is 2.62 bits per heavy atom. The number of likely N-dealkylation sites (tertiary alicyclic amines) is 1. The number of para-hydroxylation sites is 1. The molecule has 1 amide bonds. The molecular weight excluding hydrogens is 438 g/mol. The van der Waals surface area contributed by atoms with Crippen molar-refractivity contribution >= 4 is 39.2 Å². The van der Waals surface area contributed by atoms with E-state index >= 15 is 0 Å². The third-order valence-corrected chi connectivity index (χ3v) is 8.85. The van der Waals surface area contributed by atoms with E-state index in [2.05, 4.69) is 13.8 Å². The van der Waals surface area contributed by atoms with E-state index < -0.39 is 0 Å². The van der Waals surface area contributed by atoms with Crippen LogP contribution in [0.3, 0.4) is 0 Å². The Labute approximate surface area is 196 Å². The van der Waals surface area contributed by atoms with Gasteiger partial charge in [0.25, 0.3) is 5.56 Å². The highest BCUT2D eigenvalue weighted by Gasteiger charge is 2.26. The van der Waals surface area contributed by atoms with Crippen LogP contribution >= 0.6 is 23.1 Å². The number of amides is 1. The molecule has 1 fully saturated rings. The van der Waals surface area contributed by atoms with Crippen LogP contribution in [0.25, 0.3) is 15.9 Å². The number of aryl methyl sites for hydroxylation is 1. The molecule has 3 aromatic rings. The number of aromatic nitrogens is 2. The average Bonchev–Trinajstić information content (AvgIpc) is 3.16. The molecule has 1 aromatic carbocycles. The van der Waals surface area contributed by atoms with E-state index in [0.29, 0.717) is 22.7 Å². The first-order valence-corrected chi connectivity index (χ1v) is 13.3. The molecule has 1 unspecified atom stereocenters. The van der Waals surface area contributed by atoms with Crippen molar-refractivity contribution in [3.05, 3.63) is 51.1 Å². The second-order valence-corrected chi connectivity index (χ2v) is 11.3. The molecule has 5 rings (SSSR count). The predicted octanol–water partition coefficient (Wildman–Crippen LogP) is 4.92. The number of benzene rings is 1. The number of thiophene rings is 1. The van der Waals surface area contributed by atoms with Crippen molar-refractivity contribution in [1.29, 1.82) is 0 Å². The summed E-state index contributed by atoms with van der Waals surface area (Å²) in [5, 5.41) is 1.39. The maximum absolute atomic E-state index is 13.8. The molecule has 2 aromatic heterocycles. The second kappa shape index (κ2) is 9.02. The topological polar surface area (TPSA) is 55.2 Å². The summed E-state index contributed by atoms with van der Waals surface area (Å²) in [5.41, 5.74) is 1.99. The van der Waals surface area contributed by atoms with Crippen molar-refractivity contribution < 1.29 is 4.79 Å². The van der Waals surface area contributed by atoms with E-state index in [0.717, 1.165) is 61.1 Å². The van der Waals surface area contributed by atoms with Crippen LogP contribution in [0, 0.1) is 11.8 Å². The fraction of sp³-hybridized carbons (Fsp3) is 0.480. The lowest BCUT2D eigenvalue weighted by atomic mass is 9.89. The molecule has 168 valence electrons. The molecule has 5 nitrogen and oxygen atoms in total. The summed E-state index contributed by atoms with van der Waals surface area (Å²) in [5.74, 6) is 1.77. The summed E-state index contributed by atoms with van der Waals surface area (Å²) in [7, 11) is 0. The first-order chi connectivity index (χ1) is 15.5. The van der Waals surface area contributed by atoms with E-state index in [-0.39, 0.29) is 11.5 Å². The van der Waals surface area contributed by atoms with Gasteiger partial charge in [-0.3, -0.25) is 14.2 Å². The van der Waals surface area contributed by atoms with E-state index in [1.165, 1.54) is 22.2 Å². The van der Waals surface area contributed by atoms with Crippen LogP contribution in [-0.2, 0) is 17.6 Å². The molecule has 2 aliphatic rings. The number of carbonyl (C=O) groups excluding carboxylic acids is 1. The molecule has 0 bridgehead atoms. The lowest BCUT2D eigenvalue weighted by Crippen LogP contribution is -2.39. The van der Waals surface area contributed by atoms with Crippen molar-refractivity contribution in [1.82, 2.24) is 14.5 Å². The van der Waals surface area contributed by atoms with Gasteiger partial charge >= 0.3 is 0 Å². The molecule has 1 aliphatic carbocycles. The SMILES string of the molecule is CC1CCN(C(=O)CSc2nc3sc4c(c3c(=O)n2-c2ccccc2)CCC(C)C4)CC1. The van der Waals surface area contributed by atoms with Crippen LogP contribution in [0.2, 0.25) is 0 Å². The number of thioether (sulfide) groups is 1. The Hall–Kier alpha value is -2.12. The van der Waals surface area contributed by atoms with Gasteiger partial charge in [-0.05, 0) is 61.6 Å². The number of nitrogens with zero attached hydrogens (tertiary/aromatic N) is 3. The molecule has 7 heteroatoms. The second-order valence-electron chi connectivity index (χ2n) is 9.25. The van der Waals surface area contributed by atoms with Gasteiger partial charge in [0.2, 0.25) is 5.91 Å². The van der Waals surface area contributed by atoms with E-state index in [1.807, 2.05) is 35.2 Å². The lowest BCUT2D eigenvalue weighted by Gasteiger charge is -2.30. The quantitative estimate of drug-likeness (QED) is 0.404. The number of rotatable bonds is 4. The molecule has 0 spiro atoms. The molecule has 0 N–H and O–H groups in total. The van der Waals surface area contributed by atoms with E-state index in [9.17, 15) is 9.59 Å². The highest BCUT2D eigenvalue weighted by molar-refractivity contribution is 7.99. The summed E-state index contributed by atoms with van der Waals surface area (Å²) in [6.07, 6.45) is 5.21. The zero-order valence-electron chi connectivity index (χ0n) is 18.7. The predicted molar refractivity (Wildman–Crippen MR) is 132 cm³/mol. The Bertz CT molecular complexity index is 1190. The van der Waals surface area contributed by atoms with Crippen LogP contribution in [0.5, 0.6) is 0 Å². The van der Waals surface area contributed by atoms with Crippen LogP contribution in [0.1, 0.15) is 43.6 Å². The normalized spacial score (nSPS) is 19.3. The van der Waals surface area contributed by atoms with Gasteiger partial charge in [-0.15, -0.1) is 11.3 Å². The van der Waals surface area contributed by atoms with Gasteiger partial charge in [0.05, 0.1) is 16.8 Å². The monoisotopic (exact) mass is 467 g/mol. The number of hydrogen-bond donors (Lipinski definition) is 0. The van der Waals surface area contributed by atoms with Gasteiger partial charge in [-0.1, -0.05) is 43.8 Å². The van der Waals surface area contributed by atoms with Gasteiger partial charge in [0.15, 0.2) is 5.16 Å². The van der Waals surface area contributed by atoms with Crippen molar-refractivity contribution in [2.24, 2.45) is 11.8 Å². The first kappa shape index (κ1) is 21.7. The van der Waals surface area contributed by atoms with Gasteiger partial charge in [0, 0.05) is 18.0 Å². The standard InChI is InChI=1S/C25H29N3O2S2/c1-16-10-12-27(13-11-16)21(29)15-31-25-26-23-22(19-9-8-17(2)14-20(19)32-23)24(30)28(25)18-6-4-3-5-7-18/h3-7,16-17H,8-15H2,1-2H3. The summed E-state index contributed by atoms with van der Waals surface area (Å²) in [6.45, 7) is 6.18. The molecule has 0 radical (unpaired) electrons. The molecule has 0 saturated carbocycles. The molecule has 3 heterocycles. The highest BCUT2D eigenvalue weighted by atomic mass is 32.2. The van der Waals surface area contributed by atoms with Crippen molar-refractivity contribution in [3.8, 4) is 5.69 Å². The molecular formula is C25H29N3O2S2. The average molecular weight is 468 g/mol. The maximum atomic E-state index is 13.8. The third-order valence-electron chi connectivity index (χ3n) is 6.77. The zero-order chi connectivity index (χ0) is 22.2. The highest BCUT2D eigenvalue weighted by Crippen LogP contribution is 2.37. The zero-order valence-corrected chi connectivity index (χ0v) is 20.3. The van der Waals surface area contributed by atoms with Gasteiger partial charge < -0.3 is 4.90 Å². The van der Waals surface area contributed by atoms with Crippen LogP contribution in [-0.4, -0.2) is 39.2 Å². The Balaban J connectivity index is 1.52. The molecule has 32 heavy (non-hydrogen) atoms. The smallest absolute Gasteiger partial charge is 0.267 e. The Morgan fingerprint density at radius 1 is 1.12 bits per heavy atom. The minimum absolute atomic E-state index is 0.00463. The number of fused-ring (bicyclic) bond motifs is 3. The fourth-order valence-corrected chi connectivity index (χ4v) is 7.09. The van der Waals surface area contributed by atoms with Gasteiger partial charge in [-0.2, -0.15) is 0 Å². The minimum atomic E-state index is -0.00463. The van der Waals surface area contributed by atoms with Crippen LogP contribution in [0.4, 0.5) is 0 Å². The van der Waals surface area contributed by atoms with E-state index in [1.54, 1.807) is 15.9 Å². The van der Waals surface area contributed by atoms with E-state index in [4.69, 9.17) is 4.98 Å². The van der Waals surface area contributed by atoms with Gasteiger partial charge in [-0.25, -0.2) is 4.98 Å². The minimum Gasteiger partial charge on any atom is -0.342 e. The fourth-order valence-electron chi connectivity index (χ4n) is 4.75. The summed E-state index contributed by atoms with van der Waals surface area (Å²) >= 11 is 3.05. The molecule has 1 saturated heterocycles. The van der Waals surface area contributed by atoms with Crippen molar-refractivity contribution in [3.63, 3.8) is 0 Å². The largest absolute Gasteiger partial charge is 0.342 e. The summed E-state index contributed by atoms with van der Waals surface area (Å²) in [4.78, 5) is 35.7. The number of carbonyl (C=O) groups is 1. The number of hydrogen-bond acceptors (Lipinski definition) is 5. The summed E-state index contributed by atoms with van der Waals surface area (Å²) < 4.78 is 1.71. The van der Waals surface area contributed by atoms with Gasteiger partial charge in [0.1, 0.15) is 4.83 Å². The molecule has 1 aliphatic heterocycles.